The van der Waals surface area contributed by atoms with E-state index in [0.717, 1.165) is 35.2 Å². The Kier molecular flexibility index (Phi) is 6.87. The Morgan fingerprint density at radius 3 is 2.53 bits per heavy atom. The Bertz CT molecular complexity index is 963. The lowest BCUT2D eigenvalue weighted by atomic mass is 10.1. The molecule has 0 spiro atoms. The van der Waals surface area contributed by atoms with Gasteiger partial charge in [-0.2, -0.15) is 0 Å². The number of anilines is 1. The van der Waals surface area contributed by atoms with Crippen LogP contribution in [-0.4, -0.2) is 39.6 Å². The van der Waals surface area contributed by atoms with E-state index < -0.39 is 0 Å². The smallest absolute Gasteiger partial charge is 0.234 e. The van der Waals surface area contributed by atoms with E-state index in [1.54, 1.807) is 0 Å². The molecule has 1 fully saturated rings. The molecule has 1 aliphatic heterocycles. The SMILES string of the molecule is Cc1[nH]c(SCC(=O)Nc2ccc(CN3CCCC3)cc2)nc1Cc1ccccc1. The summed E-state index contributed by atoms with van der Waals surface area (Å²) in [7, 11) is 0. The monoisotopic (exact) mass is 420 g/mol. The van der Waals surface area contributed by atoms with Crippen LogP contribution < -0.4 is 5.32 Å². The van der Waals surface area contributed by atoms with E-state index in [9.17, 15) is 4.79 Å². The van der Waals surface area contributed by atoms with Crippen molar-refractivity contribution in [3.8, 4) is 0 Å². The predicted octanol–water partition coefficient (Wildman–Crippen LogP) is 4.64. The summed E-state index contributed by atoms with van der Waals surface area (Å²) in [6, 6.07) is 18.5. The molecule has 0 atom stereocenters. The summed E-state index contributed by atoms with van der Waals surface area (Å²) in [5.74, 6) is 0.304. The zero-order valence-corrected chi connectivity index (χ0v) is 18.2. The third kappa shape index (κ3) is 5.74. The highest BCUT2D eigenvalue weighted by Gasteiger charge is 2.12. The maximum absolute atomic E-state index is 12.4. The van der Waals surface area contributed by atoms with Crippen molar-refractivity contribution < 1.29 is 4.79 Å². The Labute approximate surface area is 182 Å². The number of aromatic nitrogens is 2. The van der Waals surface area contributed by atoms with Crippen molar-refractivity contribution >= 4 is 23.4 Å². The maximum Gasteiger partial charge on any atom is 0.234 e. The number of thioether (sulfide) groups is 1. The number of rotatable bonds is 8. The highest BCUT2D eigenvalue weighted by molar-refractivity contribution is 7.99. The van der Waals surface area contributed by atoms with Gasteiger partial charge in [0, 0.05) is 24.3 Å². The molecule has 1 saturated heterocycles. The second-order valence-corrected chi connectivity index (χ2v) is 8.76. The van der Waals surface area contributed by atoms with E-state index in [1.807, 2.05) is 37.3 Å². The van der Waals surface area contributed by atoms with Crippen molar-refractivity contribution in [1.29, 1.82) is 0 Å². The number of carbonyl (C=O) groups excluding carboxylic acids is 1. The van der Waals surface area contributed by atoms with E-state index in [1.165, 1.54) is 48.8 Å². The number of likely N-dealkylation sites (tertiary alicyclic amines) is 1. The van der Waals surface area contributed by atoms with Crippen LogP contribution in [0.4, 0.5) is 5.69 Å². The summed E-state index contributed by atoms with van der Waals surface area (Å²) < 4.78 is 0. The standard InChI is InChI=1S/C24H28N4OS/c1-18-22(15-19-7-3-2-4-8-19)27-24(25-18)30-17-23(29)26-21-11-9-20(10-12-21)16-28-13-5-6-14-28/h2-4,7-12H,5-6,13-17H2,1H3,(H,25,27)(H,26,29). The van der Waals surface area contributed by atoms with Gasteiger partial charge in [0.15, 0.2) is 5.16 Å². The number of benzene rings is 2. The number of nitrogens with one attached hydrogen (secondary N) is 2. The molecule has 0 saturated carbocycles. The number of carbonyl (C=O) groups is 1. The predicted molar refractivity (Wildman–Crippen MR) is 123 cm³/mol. The van der Waals surface area contributed by atoms with Crippen molar-refractivity contribution in [1.82, 2.24) is 14.9 Å². The molecule has 0 radical (unpaired) electrons. The van der Waals surface area contributed by atoms with Crippen LogP contribution in [0.3, 0.4) is 0 Å². The number of amides is 1. The Hall–Kier alpha value is -2.57. The van der Waals surface area contributed by atoms with Gasteiger partial charge in [0.1, 0.15) is 0 Å². The minimum atomic E-state index is -0.0223. The van der Waals surface area contributed by atoms with E-state index in [2.05, 4.69) is 44.5 Å². The molecule has 1 amide bonds. The molecular weight excluding hydrogens is 392 g/mol. The highest BCUT2D eigenvalue weighted by Crippen LogP contribution is 2.20. The number of hydrogen-bond donors (Lipinski definition) is 2. The lowest BCUT2D eigenvalue weighted by Crippen LogP contribution is -2.18. The molecule has 0 bridgehead atoms. The molecule has 1 aromatic heterocycles. The molecule has 1 aliphatic rings. The largest absolute Gasteiger partial charge is 0.337 e. The van der Waals surface area contributed by atoms with Crippen molar-refractivity contribution in [2.24, 2.45) is 0 Å². The third-order valence-electron chi connectivity index (χ3n) is 5.36. The van der Waals surface area contributed by atoms with Crippen LogP contribution in [0.15, 0.2) is 59.8 Å². The molecule has 0 aliphatic carbocycles. The molecule has 156 valence electrons. The number of imidazole rings is 1. The number of aryl methyl sites for hydroxylation is 1. The number of H-pyrrole nitrogens is 1. The quantitative estimate of drug-likeness (QED) is 0.522. The fourth-order valence-electron chi connectivity index (χ4n) is 3.72. The molecule has 2 heterocycles. The first-order chi connectivity index (χ1) is 14.7. The fraction of sp³-hybridized carbons (Fsp3) is 0.333. The zero-order valence-electron chi connectivity index (χ0n) is 17.4. The topological polar surface area (TPSA) is 61.0 Å². The van der Waals surface area contributed by atoms with Crippen LogP contribution in [0.1, 0.15) is 35.4 Å². The van der Waals surface area contributed by atoms with E-state index in [4.69, 9.17) is 0 Å². The van der Waals surface area contributed by atoms with Crippen LogP contribution in [0.25, 0.3) is 0 Å². The van der Waals surface area contributed by atoms with Gasteiger partial charge in [0.25, 0.3) is 0 Å². The molecule has 4 rings (SSSR count). The van der Waals surface area contributed by atoms with Crippen molar-refractivity contribution in [3.63, 3.8) is 0 Å². The highest BCUT2D eigenvalue weighted by atomic mass is 32.2. The van der Waals surface area contributed by atoms with E-state index in [-0.39, 0.29) is 5.91 Å². The van der Waals surface area contributed by atoms with Gasteiger partial charge in [0.2, 0.25) is 5.91 Å². The molecular formula is C24H28N4OS. The molecule has 0 unspecified atom stereocenters. The average molecular weight is 421 g/mol. The maximum atomic E-state index is 12.4. The van der Waals surface area contributed by atoms with Crippen LogP contribution in [-0.2, 0) is 17.8 Å². The lowest BCUT2D eigenvalue weighted by molar-refractivity contribution is -0.113. The van der Waals surface area contributed by atoms with E-state index in [0.29, 0.717) is 5.75 Å². The van der Waals surface area contributed by atoms with Crippen LogP contribution in [0.5, 0.6) is 0 Å². The minimum Gasteiger partial charge on any atom is -0.337 e. The van der Waals surface area contributed by atoms with E-state index >= 15 is 0 Å². The van der Waals surface area contributed by atoms with Gasteiger partial charge in [-0.1, -0.05) is 54.2 Å². The molecule has 30 heavy (non-hydrogen) atoms. The van der Waals surface area contributed by atoms with Crippen LogP contribution in [0.2, 0.25) is 0 Å². The van der Waals surface area contributed by atoms with Gasteiger partial charge in [-0.25, -0.2) is 4.98 Å². The normalized spacial score (nSPS) is 14.2. The summed E-state index contributed by atoms with van der Waals surface area (Å²) in [6.07, 6.45) is 3.39. The molecule has 2 aromatic carbocycles. The average Bonchev–Trinajstić information content (AvgIpc) is 3.38. The number of aromatic amines is 1. The fourth-order valence-corrected chi connectivity index (χ4v) is 4.46. The van der Waals surface area contributed by atoms with Gasteiger partial charge < -0.3 is 10.3 Å². The second-order valence-electron chi connectivity index (χ2n) is 7.79. The number of hydrogen-bond acceptors (Lipinski definition) is 4. The molecule has 2 N–H and O–H groups in total. The Balaban J connectivity index is 1.26. The molecule has 3 aromatic rings. The van der Waals surface area contributed by atoms with Gasteiger partial charge >= 0.3 is 0 Å². The second kappa shape index (κ2) is 9.96. The number of nitrogens with zero attached hydrogens (tertiary/aromatic N) is 2. The van der Waals surface area contributed by atoms with Gasteiger partial charge in [-0.3, -0.25) is 9.69 Å². The molecule has 5 nitrogen and oxygen atoms in total. The zero-order chi connectivity index (χ0) is 20.8. The molecule has 6 heteroatoms. The van der Waals surface area contributed by atoms with Crippen molar-refractivity contribution in [3.05, 3.63) is 77.1 Å². The Morgan fingerprint density at radius 2 is 1.80 bits per heavy atom. The first-order valence-corrected chi connectivity index (χ1v) is 11.5. The summed E-state index contributed by atoms with van der Waals surface area (Å²) in [6.45, 7) is 5.40. The van der Waals surface area contributed by atoms with Gasteiger partial charge in [-0.05, 0) is 56.1 Å². The minimum absolute atomic E-state index is 0.0223. The lowest BCUT2D eigenvalue weighted by Gasteiger charge is -2.14. The first kappa shape index (κ1) is 20.7. The summed E-state index contributed by atoms with van der Waals surface area (Å²) in [4.78, 5) is 22.8. The first-order valence-electron chi connectivity index (χ1n) is 10.5. The van der Waals surface area contributed by atoms with Crippen molar-refractivity contribution in [2.45, 2.75) is 37.9 Å². The van der Waals surface area contributed by atoms with Crippen molar-refractivity contribution in [2.75, 3.05) is 24.2 Å². The summed E-state index contributed by atoms with van der Waals surface area (Å²) in [5.41, 5.74) is 5.44. The van der Waals surface area contributed by atoms with Crippen LogP contribution >= 0.6 is 11.8 Å². The Morgan fingerprint density at radius 1 is 1.07 bits per heavy atom. The van der Waals surface area contributed by atoms with Crippen LogP contribution in [0, 0.1) is 6.92 Å². The van der Waals surface area contributed by atoms with Gasteiger partial charge in [0.05, 0.1) is 11.4 Å². The third-order valence-corrected chi connectivity index (χ3v) is 6.23. The summed E-state index contributed by atoms with van der Waals surface area (Å²) in [5, 5.41) is 3.77. The summed E-state index contributed by atoms with van der Waals surface area (Å²) >= 11 is 1.43. The van der Waals surface area contributed by atoms with Gasteiger partial charge in [-0.15, -0.1) is 0 Å².